The highest BCUT2D eigenvalue weighted by Crippen LogP contribution is 2.39. The van der Waals surface area contributed by atoms with Gasteiger partial charge in [-0.2, -0.15) is 0 Å². The Kier molecular flexibility index (Phi) is 5.67. The molecule has 1 N–H and O–H groups in total. The van der Waals surface area contributed by atoms with Crippen LogP contribution in [0.15, 0.2) is 75.9 Å². The Morgan fingerprint density at radius 1 is 1.00 bits per heavy atom. The smallest absolute Gasteiger partial charge is 0.290 e. The Morgan fingerprint density at radius 3 is 2.44 bits per heavy atom. The number of aryl methyl sites for hydroxylation is 2. The minimum absolute atomic E-state index is 0.0484. The van der Waals surface area contributed by atoms with Crippen LogP contribution in [-0.4, -0.2) is 29.1 Å². The Balaban J connectivity index is 1.55. The van der Waals surface area contributed by atoms with Crippen molar-refractivity contribution in [3.8, 4) is 5.75 Å². The van der Waals surface area contributed by atoms with E-state index in [0.717, 1.165) is 22.3 Å². The Morgan fingerprint density at radius 2 is 1.74 bits per heavy atom. The van der Waals surface area contributed by atoms with Crippen LogP contribution in [0.1, 0.15) is 44.4 Å². The van der Waals surface area contributed by atoms with Crippen molar-refractivity contribution >= 4 is 16.9 Å². The quantitative estimate of drug-likeness (QED) is 0.462. The summed E-state index contributed by atoms with van der Waals surface area (Å²) in [6.45, 7) is 4.10. The molecule has 0 radical (unpaired) electrons. The molecule has 0 saturated carbocycles. The van der Waals surface area contributed by atoms with Crippen LogP contribution in [0.4, 0.5) is 0 Å². The van der Waals surface area contributed by atoms with E-state index in [4.69, 9.17) is 9.15 Å². The molecule has 4 aromatic rings. The molecule has 6 heteroatoms. The van der Waals surface area contributed by atoms with Crippen LogP contribution in [-0.2, 0) is 6.61 Å². The Hall–Kier alpha value is -3.90. The predicted octanol–water partition coefficient (Wildman–Crippen LogP) is 4.53. The maximum absolute atomic E-state index is 13.6. The van der Waals surface area contributed by atoms with Crippen molar-refractivity contribution in [2.45, 2.75) is 26.5 Å². The number of nitrogens with zero attached hydrogens (tertiary/aromatic N) is 1. The van der Waals surface area contributed by atoms with Crippen LogP contribution in [0, 0.1) is 13.8 Å². The van der Waals surface area contributed by atoms with E-state index in [-0.39, 0.29) is 24.3 Å². The highest BCUT2D eigenvalue weighted by atomic mass is 16.5. The maximum atomic E-state index is 13.6. The number of hydrogen-bond donors (Lipinski definition) is 1. The maximum Gasteiger partial charge on any atom is 0.290 e. The molecule has 0 aliphatic carbocycles. The van der Waals surface area contributed by atoms with Crippen LogP contribution in [0.2, 0.25) is 0 Å². The van der Waals surface area contributed by atoms with Crippen molar-refractivity contribution in [2.24, 2.45) is 0 Å². The van der Waals surface area contributed by atoms with Crippen molar-refractivity contribution in [2.75, 3.05) is 13.2 Å². The number of aliphatic hydroxyl groups is 1. The van der Waals surface area contributed by atoms with Gasteiger partial charge in [0.2, 0.25) is 5.76 Å². The van der Waals surface area contributed by atoms with Gasteiger partial charge in [0, 0.05) is 6.54 Å². The number of hydrogen-bond acceptors (Lipinski definition) is 5. The molecule has 3 aromatic carbocycles. The summed E-state index contributed by atoms with van der Waals surface area (Å²) in [5.74, 6) is 0.340. The normalized spacial score (nSPS) is 15.1. The molecular weight excluding hydrogens is 430 g/mol. The SMILES string of the molecule is Cc1cc(C)c2oc3c(c(=O)c2c1)C(c1ccc(OCc2ccccc2)cc1)N(CCO)C3=O. The van der Waals surface area contributed by atoms with Gasteiger partial charge in [-0.15, -0.1) is 0 Å². The van der Waals surface area contributed by atoms with E-state index >= 15 is 0 Å². The average molecular weight is 456 g/mol. The minimum atomic E-state index is -0.640. The highest BCUT2D eigenvalue weighted by molar-refractivity contribution is 5.99. The topological polar surface area (TPSA) is 80.0 Å². The molecule has 0 saturated heterocycles. The Bertz CT molecular complexity index is 1420. The average Bonchev–Trinajstić information content (AvgIpc) is 3.12. The first-order chi connectivity index (χ1) is 16.5. The second-order valence-electron chi connectivity index (χ2n) is 8.60. The summed E-state index contributed by atoms with van der Waals surface area (Å²) in [6.07, 6.45) is 0. The van der Waals surface area contributed by atoms with Gasteiger partial charge in [0.15, 0.2) is 5.43 Å². The van der Waals surface area contributed by atoms with Gasteiger partial charge in [0.1, 0.15) is 17.9 Å². The van der Waals surface area contributed by atoms with Gasteiger partial charge >= 0.3 is 0 Å². The summed E-state index contributed by atoms with van der Waals surface area (Å²) in [6, 6.07) is 20.3. The van der Waals surface area contributed by atoms with E-state index < -0.39 is 11.9 Å². The van der Waals surface area contributed by atoms with E-state index in [0.29, 0.717) is 28.9 Å². The molecule has 34 heavy (non-hydrogen) atoms. The fourth-order valence-corrected chi connectivity index (χ4v) is 4.65. The lowest BCUT2D eigenvalue weighted by Crippen LogP contribution is -2.32. The van der Waals surface area contributed by atoms with Crippen molar-refractivity contribution in [1.29, 1.82) is 0 Å². The third-order valence-electron chi connectivity index (χ3n) is 6.18. The molecule has 0 fully saturated rings. The number of β-amino-alcohol motifs (C(OH)–C–C–N with tert-alkyl or cyclic N) is 1. The summed E-state index contributed by atoms with van der Waals surface area (Å²) in [5.41, 5.74) is 4.09. The summed E-state index contributed by atoms with van der Waals surface area (Å²) >= 11 is 0. The van der Waals surface area contributed by atoms with E-state index in [2.05, 4.69) is 0 Å². The van der Waals surface area contributed by atoms with Gasteiger partial charge in [0.25, 0.3) is 5.91 Å². The third kappa shape index (κ3) is 3.76. The summed E-state index contributed by atoms with van der Waals surface area (Å²) in [4.78, 5) is 28.3. The number of carbonyl (C=O) groups is 1. The standard InChI is InChI=1S/C28H25NO5/c1-17-14-18(2)26-22(15-17)25(31)23-24(29(12-13-30)28(32)27(23)34-26)20-8-10-21(11-9-20)33-16-19-6-4-3-5-7-19/h3-11,14-15,24,30H,12-13,16H2,1-2H3. The number of aliphatic hydroxyl groups excluding tert-OH is 1. The van der Waals surface area contributed by atoms with Crippen LogP contribution in [0.5, 0.6) is 5.75 Å². The third-order valence-corrected chi connectivity index (χ3v) is 6.18. The lowest BCUT2D eigenvalue weighted by molar-refractivity contribution is 0.0691. The van der Waals surface area contributed by atoms with Crippen molar-refractivity contribution < 1.29 is 19.1 Å². The van der Waals surface area contributed by atoms with Crippen LogP contribution in [0.3, 0.4) is 0 Å². The molecule has 1 amide bonds. The van der Waals surface area contributed by atoms with Gasteiger partial charge in [0.05, 0.1) is 23.6 Å². The molecule has 172 valence electrons. The second-order valence-corrected chi connectivity index (χ2v) is 8.60. The summed E-state index contributed by atoms with van der Waals surface area (Å²) in [5, 5.41) is 10.1. The second kappa shape index (κ2) is 8.80. The van der Waals surface area contributed by atoms with E-state index in [1.807, 2.05) is 74.5 Å². The first-order valence-electron chi connectivity index (χ1n) is 11.2. The fraction of sp³-hybridized carbons (Fsp3) is 0.214. The number of amides is 1. The Labute approximate surface area is 197 Å². The molecule has 2 heterocycles. The van der Waals surface area contributed by atoms with Crippen molar-refractivity contribution in [3.05, 3.63) is 111 Å². The van der Waals surface area contributed by atoms with Crippen LogP contribution >= 0.6 is 0 Å². The van der Waals surface area contributed by atoms with Gasteiger partial charge in [-0.1, -0.05) is 48.5 Å². The molecule has 0 bridgehead atoms. The van der Waals surface area contributed by atoms with E-state index in [1.54, 1.807) is 6.07 Å². The first kappa shape index (κ1) is 21.9. The lowest BCUT2D eigenvalue weighted by Gasteiger charge is -2.24. The molecule has 1 unspecified atom stereocenters. The van der Waals surface area contributed by atoms with E-state index in [9.17, 15) is 14.7 Å². The predicted molar refractivity (Wildman–Crippen MR) is 129 cm³/mol. The molecule has 1 atom stereocenters. The van der Waals surface area contributed by atoms with Crippen LogP contribution < -0.4 is 10.2 Å². The van der Waals surface area contributed by atoms with Gasteiger partial charge in [-0.25, -0.2) is 0 Å². The number of fused-ring (bicyclic) bond motifs is 2. The zero-order chi connectivity index (χ0) is 23.8. The first-order valence-corrected chi connectivity index (χ1v) is 11.2. The number of benzene rings is 3. The minimum Gasteiger partial charge on any atom is -0.489 e. The molecule has 1 aromatic heterocycles. The number of ether oxygens (including phenoxy) is 1. The molecule has 1 aliphatic rings. The molecule has 0 spiro atoms. The van der Waals surface area contributed by atoms with Crippen molar-refractivity contribution in [3.63, 3.8) is 0 Å². The van der Waals surface area contributed by atoms with Crippen LogP contribution in [0.25, 0.3) is 11.0 Å². The largest absolute Gasteiger partial charge is 0.489 e. The number of carbonyl (C=O) groups excluding carboxylic acids is 1. The lowest BCUT2D eigenvalue weighted by atomic mass is 9.97. The van der Waals surface area contributed by atoms with E-state index in [1.165, 1.54) is 4.90 Å². The monoisotopic (exact) mass is 455 g/mol. The highest BCUT2D eigenvalue weighted by Gasteiger charge is 2.42. The van der Waals surface area contributed by atoms with Crippen molar-refractivity contribution in [1.82, 2.24) is 4.90 Å². The molecule has 1 aliphatic heterocycles. The molecule has 6 nitrogen and oxygen atoms in total. The van der Waals surface area contributed by atoms with Gasteiger partial charge < -0.3 is 19.2 Å². The summed E-state index contributed by atoms with van der Waals surface area (Å²) < 4.78 is 11.9. The zero-order valence-corrected chi connectivity index (χ0v) is 19.1. The number of rotatable bonds is 6. The molecular formula is C28H25NO5. The summed E-state index contributed by atoms with van der Waals surface area (Å²) in [7, 11) is 0. The molecule has 5 rings (SSSR count). The zero-order valence-electron chi connectivity index (χ0n) is 19.1. The fourth-order valence-electron chi connectivity index (χ4n) is 4.65. The van der Waals surface area contributed by atoms with Gasteiger partial charge in [-0.3, -0.25) is 9.59 Å². The van der Waals surface area contributed by atoms with Gasteiger partial charge in [-0.05, 0) is 54.3 Å².